The molecule has 3 aliphatic carbocycles. The molecular weight excluding hydrogens is 744 g/mol. The first-order chi connectivity index (χ1) is 27.5. The maximum absolute atomic E-state index is 14.0. The molecular formula is C46H70O12. The summed E-state index contributed by atoms with van der Waals surface area (Å²) in [6, 6.07) is 0. The van der Waals surface area contributed by atoms with Crippen molar-refractivity contribution < 1.29 is 58.2 Å². The minimum absolute atomic E-state index is 0.0381. The van der Waals surface area contributed by atoms with E-state index >= 15 is 0 Å². The van der Waals surface area contributed by atoms with E-state index in [4.69, 9.17) is 24.4 Å². The zero-order valence-corrected chi connectivity index (χ0v) is 35.8. The summed E-state index contributed by atoms with van der Waals surface area (Å²) in [4.78, 5) is 89.5. The van der Waals surface area contributed by atoms with Gasteiger partial charge in [0.05, 0.1) is 41.8 Å². The van der Waals surface area contributed by atoms with Crippen molar-refractivity contribution in [2.24, 2.45) is 63.6 Å². The molecule has 0 aromatic carbocycles. The van der Waals surface area contributed by atoms with E-state index in [0.29, 0.717) is 51.4 Å². The van der Waals surface area contributed by atoms with Gasteiger partial charge in [-0.2, -0.15) is 0 Å². The van der Waals surface area contributed by atoms with E-state index in [2.05, 4.69) is 33.8 Å². The van der Waals surface area contributed by atoms with E-state index in [9.17, 15) is 33.9 Å². The van der Waals surface area contributed by atoms with Crippen LogP contribution < -0.4 is 0 Å². The van der Waals surface area contributed by atoms with E-state index in [1.807, 2.05) is 19.9 Å². The number of carboxylic acids is 2. The highest BCUT2D eigenvalue weighted by Crippen LogP contribution is 2.72. The van der Waals surface area contributed by atoms with Gasteiger partial charge in [-0.3, -0.25) is 28.8 Å². The molecule has 58 heavy (non-hydrogen) atoms. The van der Waals surface area contributed by atoms with Crippen molar-refractivity contribution >= 4 is 35.8 Å². The Morgan fingerprint density at radius 3 is 2.22 bits per heavy atom. The second-order valence-corrected chi connectivity index (χ2v) is 19.3. The van der Waals surface area contributed by atoms with Gasteiger partial charge in [-0.05, 0) is 113 Å². The number of ether oxygens (including phenoxy) is 2. The fourth-order valence-corrected chi connectivity index (χ4v) is 12.5. The van der Waals surface area contributed by atoms with Gasteiger partial charge in [0.2, 0.25) is 0 Å². The standard InChI is InChI=1S/C46H70O12/c1-7-8-9-13-17-30(33-27-37(49)55-40(33)50)20-21-31(18-14-11-10-12-15-19-36(47)48)58-57-29(4)46-25-22-34-44(5,23-16-24-45(34,6)43(53)54)35(46)26-32(28(2)3)38-39(46)42(52)56-41(38)51/h13,17,28-35,38-39H,7-12,14-16,18-27H2,1-6H3,(H,47,48)(H,53,54)/b17-13+. The number of rotatable bonds is 22. The van der Waals surface area contributed by atoms with Gasteiger partial charge in [0.15, 0.2) is 0 Å². The van der Waals surface area contributed by atoms with Crippen LogP contribution in [-0.4, -0.2) is 58.2 Å². The normalized spacial score (nSPS) is 34.9. The molecule has 2 aliphatic heterocycles. The number of carbonyl (C=O) groups is 6. The highest BCUT2D eigenvalue weighted by Gasteiger charge is 2.73. The van der Waals surface area contributed by atoms with Crippen LogP contribution in [-0.2, 0) is 48.0 Å². The molecule has 2 saturated heterocycles. The Morgan fingerprint density at radius 1 is 0.845 bits per heavy atom. The number of aliphatic carboxylic acids is 2. The Bertz CT molecular complexity index is 1540. The van der Waals surface area contributed by atoms with E-state index in [-0.39, 0.29) is 42.4 Å². The Balaban J connectivity index is 1.42. The predicted octanol–water partition coefficient (Wildman–Crippen LogP) is 9.02. The number of fused-ring (bicyclic) bond motifs is 5. The molecule has 12 nitrogen and oxygen atoms in total. The minimum atomic E-state index is -0.910. The van der Waals surface area contributed by atoms with Gasteiger partial charge in [0, 0.05) is 11.8 Å². The third-order valence-corrected chi connectivity index (χ3v) is 15.6. The molecule has 3 saturated carbocycles. The van der Waals surface area contributed by atoms with Crippen molar-refractivity contribution in [2.45, 2.75) is 176 Å². The minimum Gasteiger partial charge on any atom is -0.481 e. The molecule has 12 unspecified atom stereocenters. The summed E-state index contributed by atoms with van der Waals surface area (Å²) in [6.45, 7) is 12.3. The lowest BCUT2D eigenvalue weighted by molar-refractivity contribution is -0.385. The molecule has 5 rings (SSSR count). The predicted molar refractivity (Wildman–Crippen MR) is 213 cm³/mol. The van der Waals surface area contributed by atoms with Crippen LogP contribution >= 0.6 is 0 Å². The molecule has 5 aliphatic rings. The van der Waals surface area contributed by atoms with E-state index in [1.54, 1.807) is 0 Å². The van der Waals surface area contributed by atoms with Gasteiger partial charge in [-0.15, -0.1) is 0 Å². The van der Waals surface area contributed by atoms with E-state index in [1.165, 1.54) is 0 Å². The topological polar surface area (TPSA) is 180 Å². The number of cyclic esters (lactones) is 4. The molecule has 12 heteroatoms. The number of esters is 4. The number of unbranched alkanes of at least 4 members (excludes halogenated alkanes) is 6. The SMILES string of the molecule is CCCC/C=C/C(CCC(CCCCCCCC(=O)O)OOC(C)C12CCC3C(C)(C(=O)O)CCCC3(C)C1CC(C(C)C)C1C(=O)OC(=O)C12)C1CC(=O)OC1=O. The second kappa shape index (κ2) is 19.5. The van der Waals surface area contributed by atoms with Crippen molar-refractivity contribution in [1.82, 2.24) is 0 Å². The smallest absolute Gasteiger partial charge is 0.318 e. The van der Waals surface area contributed by atoms with Gasteiger partial charge >= 0.3 is 35.8 Å². The van der Waals surface area contributed by atoms with Crippen LogP contribution in [0.15, 0.2) is 12.2 Å². The summed E-state index contributed by atoms with van der Waals surface area (Å²) in [6.07, 6.45) is 15.8. The summed E-state index contributed by atoms with van der Waals surface area (Å²) >= 11 is 0. The van der Waals surface area contributed by atoms with Crippen molar-refractivity contribution in [3.8, 4) is 0 Å². The van der Waals surface area contributed by atoms with Crippen LogP contribution in [0.1, 0.15) is 164 Å². The molecule has 0 bridgehead atoms. The van der Waals surface area contributed by atoms with Crippen molar-refractivity contribution in [3.05, 3.63) is 12.2 Å². The third-order valence-electron chi connectivity index (χ3n) is 15.6. The van der Waals surface area contributed by atoms with Gasteiger partial charge in [0.1, 0.15) is 0 Å². The monoisotopic (exact) mass is 814 g/mol. The number of hydrogen-bond donors (Lipinski definition) is 2. The first kappa shape index (κ1) is 46.0. The van der Waals surface area contributed by atoms with Crippen LogP contribution in [0.25, 0.3) is 0 Å². The first-order valence-corrected chi connectivity index (χ1v) is 22.4. The lowest BCUT2D eigenvalue weighted by atomic mass is 9.36. The van der Waals surface area contributed by atoms with Crippen molar-refractivity contribution in [3.63, 3.8) is 0 Å². The number of hydrogen-bond acceptors (Lipinski definition) is 10. The average Bonchev–Trinajstić information content (AvgIpc) is 3.67. The third kappa shape index (κ3) is 9.43. The molecule has 0 aromatic rings. The van der Waals surface area contributed by atoms with E-state index < -0.39 is 82.0 Å². The zero-order chi connectivity index (χ0) is 42.4. The van der Waals surface area contributed by atoms with Gasteiger partial charge < -0.3 is 19.7 Å². The number of carbonyl (C=O) groups excluding carboxylic acids is 4. The summed E-state index contributed by atoms with van der Waals surface area (Å²) in [7, 11) is 0. The Labute approximate surface area is 344 Å². The van der Waals surface area contributed by atoms with Crippen LogP contribution in [0.5, 0.6) is 0 Å². The fourth-order valence-electron chi connectivity index (χ4n) is 12.5. The molecule has 5 fully saturated rings. The maximum Gasteiger partial charge on any atom is 0.318 e. The quantitative estimate of drug-likeness (QED) is 0.0265. The summed E-state index contributed by atoms with van der Waals surface area (Å²) in [5, 5.41) is 19.6. The Kier molecular flexibility index (Phi) is 15.5. The van der Waals surface area contributed by atoms with Crippen molar-refractivity contribution in [2.75, 3.05) is 0 Å². The second-order valence-electron chi connectivity index (χ2n) is 19.3. The largest absolute Gasteiger partial charge is 0.481 e. The zero-order valence-electron chi connectivity index (χ0n) is 35.8. The van der Waals surface area contributed by atoms with Gasteiger partial charge in [-0.25, -0.2) is 9.78 Å². The molecule has 12 atom stereocenters. The van der Waals surface area contributed by atoms with Gasteiger partial charge in [0.25, 0.3) is 0 Å². The molecule has 326 valence electrons. The van der Waals surface area contributed by atoms with Crippen LogP contribution in [0.3, 0.4) is 0 Å². The highest BCUT2D eigenvalue weighted by molar-refractivity contribution is 5.97. The number of allylic oxidation sites excluding steroid dienone is 2. The summed E-state index contributed by atoms with van der Waals surface area (Å²) in [5.41, 5.74) is -2.18. The van der Waals surface area contributed by atoms with Crippen molar-refractivity contribution in [1.29, 1.82) is 0 Å². The molecule has 0 spiro atoms. The first-order valence-electron chi connectivity index (χ1n) is 22.4. The lowest BCUT2D eigenvalue weighted by Crippen LogP contribution is -2.67. The average molecular weight is 815 g/mol. The van der Waals surface area contributed by atoms with E-state index in [0.717, 1.165) is 57.8 Å². The maximum atomic E-state index is 14.0. The van der Waals surface area contributed by atoms with Gasteiger partial charge in [-0.1, -0.05) is 84.8 Å². The highest BCUT2D eigenvalue weighted by atomic mass is 17.2. The summed E-state index contributed by atoms with van der Waals surface area (Å²) in [5.74, 6) is -6.00. The van der Waals surface area contributed by atoms with Crippen LogP contribution in [0.4, 0.5) is 0 Å². The molecule has 2 N–H and O–H groups in total. The lowest BCUT2D eigenvalue weighted by Gasteiger charge is -2.67. The molecule has 0 aromatic heterocycles. The number of carboxylic acid groups (broad SMARTS) is 2. The Hall–Kier alpha value is -3.12. The van der Waals surface area contributed by atoms with Crippen LogP contribution in [0.2, 0.25) is 0 Å². The Morgan fingerprint density at radius 2 is 1.57 bits per heavy atom. The molecule has 0 amide bonds. The summed E-state index contributed by atoms with van der Waals surface area (Å²) < 4.78 is 10.5. The van der Waals surface area contributed by atoms with Crippen LogP contribution in [0, 0.1) is 63.6 Å². The molecule has 2 heterocycles. The molecule has 0 radical (unpaired) electrons. The fraction of sp³-hybridized carbons (Fsp3) is 0.826.